The summed E-state index contributed by atoms with van der Waals surface area (Å²) >= 11 is 6.08. The third kappa shape index (κ3) is 3.45. The minimum Gasteiger partial charge on any atom is -0.302 e. The van der Waals surface area contributed by atoms with Crippen molar-refractivity contribution in [3.8, 4) is 0 Å². The minimum atomic E-state index is -0.287. The number of hydrazine groups is 1. The first kappa shape index (κ1) is 16.4. The molecule has 0 aromatic heterocycles. The van der Waals surface area contributed by atoms with Crippen LogP contribution < -0.4 is 11.3 Å². The van der Waals surface area contributed by atoms with Crippen LogP contribution in [0.1, 0.15) is 25.8 Å². The summed E-state index contributed by atoms with van der Waals surface area (Å²) in [6.07, 6.45) is 1.34. The molecule has 0 bridgehead atoms. The molecule has 0 aliphatic rings. The zero-order valence-electron chi connectivity index (χ0n) is 12.0. The molecule has 2 atom stereocenters. The van der Waals surface area contributed by atoms with Gasteiger partial charge in [-0.3, -0.25) is 11.3 Å². The first-order valence-electron chi connectivity index (χ1n) is 6.43. The molecule has 0 fully saturated rings. The predicted molar refractivity (Wildman–Crippen MR) is 78.6 cm³/mol. The number of rotatable bonds is 6. The predicted octanol–water partition coefficient (Wildman–Crippen LogP) is 2.58. The van der Waals surface area contributed by atoms with Crippen molar-refractivity contribution < 1.29 is 4.39 Å². The fourth-order valence-electron chi connectivity index (χ4n) is 2.26. The van der Waals surface area contributed by atoms with E-state index >= 15 is 0 Å². The van der Waals surface area contributed by atoms with E-state index < -0.39 is 0 Å². The van der Waals surface area contributed by atoms with Crippen LogP contribution in [-0.2, 0) is 6.42 Å². The maximum Gasteiger partial charge on any atom is 0.127 e. The van der Waals surface area contributed by atoms with E-state index in [1.54, 1.807) is 12.1 Å². The molecule has 0 heterocycles. The van der Waals surface area contributed by atoms with Gasteiger partial charge in [0, 0.05) is 22.2 Å². The molecule has 0 aliphatic carbocycles. The molecule has 0 saturated carbocycles. The number of hydrogen-bond donors (Lipinski definition) is 2. The summed E-state index contributed by atoms with van der Waals surface area (Å²) in [6, 6.07) is 4.64. The molecule has 1 aromatic rings. The van der Waals surface area contributed by atoms with Gasteiger partial charge in [0.15, 0.2) is 0 Å². The van der Waals surface area contributed by atoms with Gasteiger partial charge in [-0.15, -0.1) is 0 Å². The van der Waals surface area contributed by atoms with Crippen molar-refractivity contribution in [1.82, 2.24) is 10.3 Å². The SMILES string of the molecule is CCC(C)(C(Cc1c(F)cccc1Cl)NN)N(C)C. The molecule has 1 rings (SSSR count). The maximum atomic E-state index is 13.9. The topological polar surface area (TPSA) is 41.3 Å². The number of nitrogens with zero attached hydrogens (tertiary/aromatic N) is 1. The molecule has 3 N–H and O–H groups in total. The lowest BCUT2D eigenvalue weighted by molar-refractivity contribution is 0.112. The van der Waals surface area contributed by atoms with E-state index in [0.29, 0.717) is 17.0 Å². The lowest BCUT2D eigenvalue weighted by Gasteiger charge is -2.42. The number of likely N-dealkylation sites (N-methyl/N-ethyl adjacent to an activating group) is 1. The minimum absolute atomic E-state index is 0.0955. The van der Waals surface area contributed by atoms with Gasteiger partial charge < -0.3 is 4.90 Å². The summed E-state index contributed by atoms with van der Waals surface area (Å²) in [7, 11) is 3.99. The lowest BCUT2D eigenvalue weighted by atomic mass is 9.84. The largest absolute Gasteiger partial charge is 0.302 e. The highest BCUT2D eigenvalue weighted by Gasteiger charge is 2.35. The number of halogens is 2. The molecular weight excluding hydrogens is 265 g/mol. The molecule has 0 saturated heterocycles. The Kier molecular flexibility index (Phi) is 5.74. The van der Waals surface area contributed by atoms with Crippen LogP contribution in [0.4, 0.5) is 4.39 Å². The van der Waals surface area contributed by atoms with Crippen LogP contribution in [0.15, 0.2) is 18.2 Å². The summed E-state index contributed by atoms with van der Waals surface area (Å²) in [4.78, 5) is 2.10. The van der Waals surface area contributed by atoms with Gasteiger partial charge in [-0.25, -0.2) is 4.39 Å². The first-order chi connectivity index (χ1) is 8.86. The van der Waals surface area contributed by atoms with Gasteiger partial charge in [-0.2, -0.15) is 0 Å². The van der Waals surface area contributed by atoms with E-state index in [9.17, 15) is 4.39 Å². The molecule has 2 unspecified atom stereocenters. The lowest BCUT2D eigenvalue weighted by Crippen LogP contribution is -2.59. The quantitative estimate of drug-likeness (QED) is 0.624. The van der Waals surface area contributed by atoms with Gasteiger partial charge >= 0.3 is 0 Å². The molecule has 3 nitrogen and oxygen atoms in total. The van der Waals surface area contributed by atoms with Crippen molar-refractivity contribution in [2.75, 3.05) is 14.1 Å². The molecular formula is C14H23ClFN3. The van der Waals surface area contributed by atoms with Crippen molar-refractivity contribution >= 4 is 11.6 Å². The Labute approximate surface area is 119 Å². The summed E-state index contributed by atoms with van der Waals surface area (Å²) in [5.41, 5.74) is 3.14. The Bertz CT molecular complexity index is 405. The molecule has 5 heteroatoms. The smallest absolute Gasteiger partial charge is 0.127 e. The second-order valence-electron chi connectivity index (χ2n) is 5.23. The summed E-state index contributed by atoms with van der Waals surface area (Å²) < 4.78 is 13.9. The molecule has 108 valence electrons. The highest BCUT2D eigenvalue weighted by Crippen LogP contribution is 2.27. The molecule has 1 aromatic carbocycles. The van der Waals surface area contributed by atoms with Crippen molar-refractivity contribution in [1.29, 1.82) is 0 Å². The van der Waals surface area contributed by atoms with Gasteiger partial charge in [0.2, 0.25) is 0 Å². The molecule has 0 aliphatic heterocycles. The fourth-order valence-corrected chi connectivity index (χ4v) is 2.50. The molecule has 0 radical (unpaired) electrons. The van der Waals surface area contributed by atoms with Gasteiger partial charge in [-0.1, -0.05) is 24.6 Å². The highest BCUT2D eigenvalue weighted by atomic mass is 35.5. The Morgan fingerprint density at radius 1 is 1.47 bits per heavy atom. The van der Waals surface area contributed by atoms with E-state index in [1.165, 1.54) is 6.07 Å². The number of nitrogens with one attached hydrogen (secondary N) is 1. The Balaban J connectivity index is 3.06. The number of nitrogens with two attached hydrogens (primary N) is 1. The Hall–Kier alpha value is -0.680. The zero-order valence-corrected chi connectivity index (χ0v) is 12.8. The second-order valence-corrected chi connectivity index (χ2v) is 5.64. The molecule has 0 amide bonds. The third-order valence-electron chi connectivity index (χ3n) is 4.16. The van der Waals surface area contributed by atoms with Crippen LogP contribution >= 0.6 is 11.6 Å². The normalized spacial score (nSPS) is 16.4. The number of hydrogen-bond acceptors (Lipinski definition) is 3. The average molecular weight is 288 g/mol. The van der Waals surface area contributed by atoms with Gasteiger partial charge in [0.05, 0.1) is 0 Å². The van der Waals surface area contributed by atoms with Crippen molar-refractivity contribution in [2.45, 2.75) is 38.3 Å². The van der Waals surface area contributed by atoms with Crippen molar-refractivity contribution in [2.24, 2.45) is 5.84 Å². The Morgan fingerprint density at radius 3 is 2.53 bits per heavy atom. The maximum absolute atomic E-state index is 13.9. The van der Waals surface area contributed by atoms with Gasteiger partial charge in [0.25, 0.3) is 0 Å². The average Bonchev–Trinajstić information content (AvgIpc) is 2.37. The highest BCUT2D eigenvalue weighted by molar-refractivity contribution is 6.31. The van der Waals surface area contributed by atoms with E-state index in [0.717, 1.165) is 6.42 Å². The van der Waals surface area contributed by atoms with Crippen LogP contribution in [0.3, 0.4) is 0 Å². The van der Waals surface area contributed by atoms with Crippen LogP contribution in [0, 0.1) is 5.82 Å². The zero-order chi connectivity index (χ0) is 14.6. The van der Waals surface area contributed by atoms with Gasteiger partial charge in [-0.05, 0) is 46.0 Å². The fraction of sp³-hybridized carbons (Fsp3) is 0.571. The van der Waals surface area contributed by atoms with E-state index in [-0.39, 0.29) is 17.4 Å². The van der Waals surface area contributed by atoms with E-state index in [2.05, 4.69) is 24.2 Å². The van der Waals surface area contributed by atoms with Crippen molar-refractivity contribution in [3.05, 3.63) is 34.6 Å². The number of benzene rings is 1. The molecule has 19 heavy (non-hydrogen) atoms. The summed E-state index contributed by atoms with van der Waals surface area (Å²) in [6.45, 7) is 4.19. The summed E-state index contributed by atoms with van der Waals surface area (Å²) in [5.74, 6) is 5.39. The van der Waals surface area contributed by atoms with Crippen molar-refractivity contribution in [3.63, 3.8) is 0 Å². The van der Waals surface area contributed by atoms with Gasteiger partial charge in [0.1, 0.15) is 5.82 Å². The van der Waals surface area contributed by atoms with Crippen LogP contribution in [0.25, 0.3) is 0 Å². The first-order valence-corrected chi connectivity index (χ1v) is 6.81. The monoisotopic (exact) mass is 287 g/mol. The van der Waals surface area contributed by atoms with Crippen LogP contribution in [-0.4, -0.2) is 30.6 Å². The Morgan fingerprint density at radius 2 is 2.11 bits per heavy atom. The second kappa shape index (κ2) is 6.66. The van der Waals surface area contributed by atoms with Crippen LogP contribution in [0.2, 0.25) is 5.02 Å². The van der Waals surface area contributed by atoms with Crippen LogP contribution in [0.5, 0.6) is 0 Å². The van der Waals surface area contributed by atoms with E-state index in [1.807, 2.05) is 14.1 Å². The summed E-state index contributed by atoms with van der Waals surface area (Å²) in [5, 5.41) is 0.442. The van der Waals surface area contributed by atoms with E-state index in [4.69, 9.17) is 17.4 Å². The standard InChI is InChI=1S/C14H23ClFN3/c1-5-14(2,19(3)4)13(18-17)9-10-11(15)7-6-8-12(10)16/h6-8,13,18H,5,9,17H2,1-4H3. The third-order valence-corrected chi connectivity index (χ3v) is 4.51. The molecule has 0 spiro atoms.